The molecule has 26 heavy (non-hydrogen) atoms. The molecule has 0 radical (unpaired) electrons. The quantitative estimate of drug-likeness (QED) is 0.503. The Kier molecular flexibility index (Phi) is 5.34. The van der Waals surface area contributed by atoms with Gasteiger partial charge in [-0.3, -0.25) is 10.1 Å². The van der Waals surface area contributed by atoms with E-state index in [0.717, 1.165) is 16.6 Å². The summed E-state index contributed by atoms with van der Waals surface area (Å²) in [6, 6.07) is 13.0. The molecule has 0 saturated carbocycles. The number of aromatic nitrogens is 2. The highest BCUT2D eigenvalue weighted by Crippen LogP contribution is 2.28. The topological polar surface area (TPSA) is 76.2 Å². The lowest BCUT2D eigenvalue weighted by atomic mass is 10.2. The van der Waals surface area contributed by atoms with Crippen LogP contribution >= 0.6 is 0 Å². The van der Waals surface area contributed by atoms with E-state index in [2.05, 4.69) is 21.9 Å². The number of rotatable bonds is 7. The molecule has 0 aliphatic heterocycles. The maximum atomic E-state index is 12.1. The van der Waals surface area contributed by atoms with Gasteiger partial charge in [-0.05, 0) is 35.9 Å². The minimum Gasteiger partial charge on any atom is -0.493 e. The molecular weight excluding hydrogens is 330 g/mol. The monoisotopic (exact) mass is 349 g/mol. The van der Waals surface area contributed by atoms with Gasteiger partial charge in [0, 0.05) is 6.08 Å². The Labute approximate surface area is 151 Å². The average Bonchev–Trinajstić information content (AvgIpc) is 3.07. The van der Waals surface area contributed by atoms with Crippen LogP contribution in [0.4, 0.5) is 5.95 Å². The SMILES string of the molecule is C=CCOc1ccc(/C=C/C(=O)Nc2nc3ccccc3[nH]2)cc1OC. The summed E-state index contributed by atoms with van der Waals surface area (Å²) in [7, 11) is 1.57. The van der Waals surface area contributed by atoms with Gasteiger partial charge in [0.05, 0.1) is 18.1 Å². The molecule has 1 amide bonds. The number of fused-ring (bicyclic) bond motifs is 1. The second kappa shape index (κ2) is 8.02. The maximum Gasteiger partial charge on any atom is 0.250 e. The Morgan fingerprint density at radius 3 is 2.88 bits per heavy atom. The number of imidazole rings is 1. The summed E-state index contributed by atoms with van der Waals surface area (Å²) in [5, 5.41) is 2.71. The number of ether oxygens (including phenoxy) is 2. The number of carbonyl (C=O) groups is 1. The van der Waals surface area contributed by atoms with Crippen molar-refractivity contribution in [1.29, 1.82) is 0 Å². The lowest BCUT2D eigenvalue weighted by molar-refractivity contribution is -0.111. The lowest BCUT2D eigenvalue weighted by Crippen LogP contribution is -2.08. The zero-order chi connectivity index (χ0) is 18.4. The summed E-state index contributed by atoms with van der Waals surface area (Å²) in [4.78, 5) is 19.5. The summed E-state index contributed by atoms with van der Waals surface area (Å²) >= 11 is 0. The van der Waals surface area contributed by atoms with Gasteiger partial charge >= 0.3 is 0 Å². The first-order chi connectivity index (χ1) is 12.7. The zero-order valence-electron chi connectivity index (χ0n) is 14.4. The molecule has 6 nitrogen and oxygen atoms in total. The number of carbonyl (C=O) groups excluding carboxylic acids is 1. The number of H-pyrrole nitrogens is 1. The van der Waals surface area contributed by atoms with Crippen LogP contribution in [0.5, 0.6) is 11.5 Å². The highest BCUT2D eigenvalue weighted by atomic mass is 16.5. The van der Waals surface area contributed by atoms with Crippen molar-refractivity contribution < 1.29 is 14.3 Å². The molecule has 3 rings (SSSR count). The van der Waals surface area contributed by atoms with Gasteiger partial charge in [-0.2, -0.15) is 0 Å². The largest absolute Gasteiger partial charge is 0.493 e. The number of amides is 1. The fourth-order valence-corrected chi connectivity index (χ4v) is 2.40. The lowest BCUT2D eigenvalue weighted by Gasteiger charge is -2.09. The molecule has 3 aromatic rings. The first-order valence-electron chi connectivity index (χ1n) is 8.05. The van der Waals surface area contributed by atoms with Crippen LogP contribution in [0.25, 0.3) is 17.1 Å². The van der Waals surface area contributed by atoms with E-state index in [9.17, 15) is 4.79 Å². The molecule has 0 saturated heterocycles. The van der Waals surface area contributed by atoms with Crippen LogP contribution in [0.1, 0.15) is 5.56 Å². The van der Waals surface area contributed by atoms with Crippen molar-refractivity contribution in [3.05, 3.63) is 66.8 Å². The first kappa shape index (κ1) is 17.3. The average molecular weight is 349 g/mol. The van der Waals surface area contributed by atoms with Crippen molar-refractivity contribution in [1.82, 2.24) is 9.97 Å². The third-order valence-electron chi connectivity index (χ3n) is 3.60. The standard InChI is InChI=1S/C20H19N3O3/c1-3-12-26-17-10-8-14(13-18(17)25-2)9-11-19(24)23-20-21-15-6-4-5-7-16(15)22-20/h3-11,13H,1,12H2,2H3,(H2,21,22,23,24)/b11-9+. The highest BCUT2D eigenvalue weighted by molar-refractivity contribution is 6.01. The fraction of sp³-hybridized carbons (Fsp3) is 0.100. The molecule has 2 aromatic carbocycles. The van der Waals surface area contributed by atoms with E-state index in [1.54, 1.807) is 31.4 Å². The van der Waals surface area contributed by atoms with Crippen molar-refractivity contribution in [2.75, 3.05) is 19.0 Å². The van der Waals surface area contributed by atoms with E-state index in [1.165, 1.54) is 6.08 Å². The molecule has 0 atom stereocenters. The minimum absolute atomic E-state index is 0.282. The van der Waals surface area contributed by atoms with E-state index < -0.39 is 0 Å². The molecular formula is C20H19N3O3. The Hall–Kier alpha value is -3.54. The van der Waals surface area contributed by atoms with Crippen LogP contribution < -0.4 is 14.8 Å². The zero-order valence-corrected chi connectivity index (χ0v) is 14.4. The van der Waals surface area contributed by atoms with Crippen LogP contribution in [0.2, 0.25) is 0 Å². The Bertz CT molecular complexity index is 927. The normalized spacial score (nSPS) is 10.8. The molecule has 0 unspecified atom stereocenters. The molecule has 0 aliphatic rings. The van der Waals surface area contributed by atoms with E-state index in [-0.39, 0.29) is 5.91 Å². The van der Waals surface area contributed by atoms with Crippen LogP contribution in [0.3, 0.4) is 0 Å². The molecule has 132 valence electrons. The van der Waals surface area contributed by atoms with Crippen LogP contribution in [-0.2, 0) is 4.79 Å². The van der Waals surface area contributed by atoms with Crippen molar-refractivity contribution >= 4 is 29.0 Å². The molecule has 2 N–H and O–H groups in total. The van der Waals surface area contributed by atoms with Crippen LogP contribution in [0, 0.1) is 0 Å². The number of para-hydroxylation sites is 2. The number of aromatic amines is 1. The van der Waals surface area contributed by atoms with Crippen LogP contribution in [-0.4, -0.2) is 29.6 Å². The van der Waals surface area contributed by atoms with Crippen molar-refractivity contribution in [3.63, 3.8) is 0 Å². The third kappa shape index (κ3) is 4.10. The smallest absolute Gasteiger partial charge is 0.250 e. The maximum absolute atomic E-state index is 12.1. The molecule has 0 aliphatic carbocycles. The number of nitrogens with zero attached hydrogens (tertiary/aromatic N) is 1. The fourth-order valence-electron chi connectivity index (χ4n) is 2.40. The van der Waals surface area contributed by atoms with Gasteiger partial charge in [-0.1, -0.05) is 30.9 Å². The van der Waals surface area contributed by atoms with Gasteiger partial charge < -0.3 is 14.5 Å². The number of hydrogen-bond donors (Lipinski definition) is 2. The summed E-state index contributed by atoms with van der Waals surface area (Å²) in [6.45, 7) is 4.01. The summed E-state index contributed by atoms with van der Waals surface area (Å²) in [5.41, 5.74) is 2.48. The van der Waals surface area contributed by atoms with E-state index in [1.807, 2.05) is 30.3 Å². The number of hydrogen-bond acceptors (Lipinski definition) is 4. The molecule has 1 heterocycles. The van der Waals surface area contributed by atoms with Gasteiger partial charge in [-0.15, -0.1) is 0 Å². The summed E-state index contributed by atoms with van der Waals surface area (Å²) in [6.07, 6.45) is 4.79. The van der Waals surface area contributed by atoms with Crippen molar-refractivity contribution in [2.24, 2.45) is 0 Å². The van der Waals surface area contributed by atoms with E-state index in [0.29, 0.717) is 24.1 Å². The van der Waals surface area contributed by atoms with Gasteiger partial charge in [0.25, 0.3) is 5.91 Å². The third-order valence-corrected chi connectivity index (χ3v) is 3.60. The highest BCUT2D eigenvalue weighted by Gasteiger charge is 2.06. The van der Waals surface area contributed by atoms with Crippen molar-refractivity contribution in [3.8, 4) is 11.5 Å². The predicted molar refractivity (Wildman–Crippen MR) is 102 cm³/mol. The second-order valence-corrected chi connectivity index (χ2v) is 5.44. The van der Waals surface area contributed by atoms with Crippen LogP contribution in [0.15, 0.2) is 61.2 Å². The molecule has 0 fully saturated rings. The Morgan fingerprint density at radius 1 is 1.27 bits per heavy atom. The Balaban J connectivity index is 1.68. The number of nitrogens with one attached hydrogen (secondary N) is 2. The molecule has 6 heteroatoms. The number of benzene rings is 2. The van der Waals surface area contributed by atoms with Gasteiger partial charge in [0.1, 0.15) is 6.61 Å². The van der Waals surface area contributed by atoms with Gasteiger partial charge in [-0.25, -0.2) is 4.98 Å². The number of methoxy groups -OCH3 is 1. The predicted octanol–water partition coefficient (Wildman–Crippen LogP) is 3.79. The second-order valence-electron chi connectivity index (χ2n) is 5.44. The van der Waals surface area contributed by atoms with Crippen molar-refractivity contribution in [2.45, 2.75) is 0 Å². The van der Waals surface area contributed by atoms with E-state index >= 15 is 0 Å². The summed E-state index contributed by atoms with van der Waals surface area (Å²) in [5.74, 6) is 1.34. The molecule has 0 spiro atoms. The first-order valence-corrected chi connectivity index (χ1v) is 8.05. The minimum atomic E-state index is -0.282. The van der Waals surface area contributed by atoms with E-state index in [4.69, 9.17) is 9.47 Å². The number of anilines is 1. The van der Waals surface area contributed by atoms with Gasteiger partial charge in [0.15, 0.2) is 11.5 Å². The van der Waals surface area contributed by atoms with Gasteiger partial charge in [0.2, 0.25) is 5.95 Å². The Morgan fingerprint density at radius 2 is 2.12 bits per heavy atom. The summed E-state index contributed by atoms with van der Waals surface area (Å²) < 4.78 is 10.8. The molecule has 1 aromatic heterocycles. The molecule has 0 bridgehead atoms.